The Hall–Kier alpha value is -4.06. The van der Waals surface area contributed by atoms with Crippen LogP contribution >= 0.6 is 0 Å². The van der Waals surface area contributed by atoms with E-state index in [1.165, 1.54) is 5.56 Å². The summed E-state index contributed by atoms with van der Waals surface area (Å²) in [6.45, 7) is 4.93. The summed E-state index contributed by atoms with van der Waals surface area (Å²) in [4.78, 5) is 20.3. The quantitative estimate of drug-likeness (QED) is 0.290. The van der Waals surface area contributed by atoms with Crippen LogP contribution in [0.3, 0.4) is 0 Å². The summed E-state index contributed by atoms with van der Waals surface area (Å²) in [6, 6.07) is 23.2. The summed E-state index contributed by atoms with van der Waals surface area (Å²) >= 11 is 0. The lowest BCUT2D eigenvalue weighted by atomic mass is 9.94. The number of carbonyl (C=O) groups excluding carboxylic acids is 1. The number of pyridine rings is 1. The van der Waals surface area contributed by atoms with Gasteiger partial charge in [0.15, 0.2) is 5.82 Å². The Labute approximate surface area is 247 Å². The van der Waals surface area contributed by atoms with Crippen molar-refractivity contribution in [3.8, 4) is 16.9 Å². The molecule has 2 amide bonds. The van der Waals surface area contributed by atoms with Gasteiger partial charge in [0.05, 0.1) is 24.0 Å². The molecule has 3 heterocycles. The number of hydrogen-bond acceptors (Lipinski definition) is 7. The molecule has 0 unspecified atom stereocenters. The first kappa shape index (κ1) is 29.4. The largest absolute Gasteiger partial charge is 0.383 e. The summed E-state index contributed by atoms with van der Waals surface area (Å²) in [5, 5.41) is 11.2. The summed E-state index contributed by atoms with van der Waals surface area (Å²) < 4.78 is 23.3. The minimum Gasteiger partial charge on any atom is -0.383 e. The van der Waals surface area contributed by atoms with E-state index in [0.29, 0.717) is 23.9 Å². The van der Waals surface area contributed by atoms with Crippen LogP contribution in [0.2, 0.25) is 0 Å². The van der Waals surface area contributed by atoms with Crippen LogP contribution in [0.25, 0.3) is 16.9 Å². The number of anilines is 1. The normalized spacial score (nSPS) is 17.2. The molecule has 4 aromatic rings. The van der Waals surface area contributed by atoms with E-state index in [9.17, 15) is 9.00 Å². The summed E-state index contributed by atoms with van der Waals surface area (Å²) in [5.41, 5.74) is 4.24. The molecule has 0 radical (unpaired) electrons. The fraction of sp³-hybridized carbons (Fsp3) is 0.323. The Morgan fingerprint density at radius 2 is 1.76 bits per heavy atom. The van der Waals surface area contributed by atoms with Gasteiger partial charge in [0.25, 0.3) is 0 Å². The summed E-state index contributed by atoms with van der Waals surface area (Å²) in [5.74, 6) is 1.12. The van der Waals surface area contributed by atoms with Gasteiger partial charge in [0.1, 0.15) is 5.82 Å². The SMILES string of the molecule is COCCN1C[C@@H](NC(=O)Nc2c(C)c(-c3ccc(N=S(C)(C)=O)nc3)nn2-c2ccccc2)[C@H](c2ccccc2)C1. The molecule has 0 aliphatic carbocycles. The van der Waals surface area contributed by atoms with Crippen LogP contribution in [0, 0.1) is 6.92 Å². The number of urea groups is 1. The van der Waals surface area contributed by atoms with Gasteiger partial charge in [0.2, 0.25) is 0 Å². The Balaban J connectivity index is 1.42. The van der Waals surface area contributed by atoms with Crippen molar-refractivity contribution in [2.75, 3.05) is 51.2 Å². The third-order valence-corrected chi connectivity index (χ3v) is 7.87. The van der Waals surface area contributed by atoms with Crippen LogP contribution in [-0.2, 0) is 14.5 Å². The van der Waals surface area contributed by atoms with Gasteiger partial charge in [-0.15, -0.1) is 0 Å². The molecule has 2 aromatic heterocycles. The Morgan fingerprint density at radius 3 is 2.40 bits per heavy atom. The number of ether oxygens (including phenoxy) is 1. The van der Waals surface area contributed by atoms with Gasteiger partial charge < -0.3 is 10.1 Å². The van der Waals surface area contributed by atoms with Crippen molar-refractivity contribution in [3.05, 3.63) is 90.1 Å². The van der Waals surface area contributed by atoms with Crippen molar-refractivity contribution in [2.45, 2.75) is 18.9 Å². The first-order chi connectivity index (χ1) is 20.2. The van der Waals surface area contributed by atoms with E-state index in [0.717, 1.165) is 36.4 Å². The standard InChI is InChI=1S/C31H37N7O3S/c1-22-29(24-15-16-28(32-19-24)36-42(3,4)40)35-38(25-13-9-6-10-14-25)30(22)34-31(39)33-27-21-37(17-18-41-2)20-26(27)23-11-7-5-8-12-23/h5-16,19,26-27H,17-18,20-21H2,1-4H3,(H2,33,34,39)/t26-,27+/m0/s1. The Kier molecular flexibility index (Phi) is 9.00. The maximum atomic E-state index is 13.6. The van der Waals surface area contributed by atoms with Crippen LogP contribution in [0.1, 0.15) is 17.0 Å². The zero-order chi connectivity index (χ0) is 29.7. The zero-order valence-electron chi connectivity index (χ0n) is 24.4. The molecule has 2 aromatic carbocycles. The smallest absolute Gasteiger partial charge is 0.320 e. The molecule has 0 spiro atoms. The molecule has 1 aliphatic heterocycles. The molecule has 11 heteroatoms. The summed E-state index contributed by atoms with van der Waals surface area (Å²) in [6.07, 6.45) is 4.81. The fourth-order valence-electron chi connectivity index (χ4n) is 5.26. The van der Waals surface area contributed by atoms with Gasteiger partial charge in [-0.25, -0.2) is 18.7 Å². The minimum atomic E-state index is -2.33. The van der Waals surface area contributed by atoms with Crippen molar-refractivity contribution in [3.63, 3.8) is 0 Å². The maximum absolute atomic E-state index is 13.6. The van der Waals surface area contributed by atoms with Gasteiger partial charge in [-0.05, 0) is 36.8 Å². The van der Waals surface area contributed by atoms with Crippen LogP contribution in [0.5, 0.6) is 0 Å². The van der Waals surface area contributed by atoms with E-state index in [-0.39, 0.29) is 18.0 Å². The van der Waals surface area contributed by atoms with E-state index >= 15 is 0 Å². The number of methoxy groups -OCH3 is 1. The molecule has 5 rings (SSSR count). The number of aromatic nitrogens is 3. The highest BCUT2D eigenvalue weighted by Gasteiger charge is 2.35. The second-order valence-electron chi connectivity index (χ2n) is 10.7. The maximum Gasteiger partial charge on any atom is 0.320 e. The average molecular weight is 588 g/mol. The third kappa shape index (κ3) is 7.04. The lowest BCUT2D eigenvalue weighted by molar-refractivity contribution is 0.159. The molecule has 10 nitrogen and oxygen atoms in total. The predicted octanol–water partition coefficient (Wildman–Crippen LogP) is 4.84. The lowest BCUT2D eigenvalue weighted by Crippen LogP contribution is -2.42. The van der Waals surface area contributed by atoms with Gasteiger partial charge in [-0.1, -0.05) is 48.5 Å². The number of nitrogens with zero attached hydrogens (tertiary/aromatic N) is 5. The van der Waals surface area contributed by atoms with E-state index in [1.807, 2.05) is 61.5 Å². The highest BCUT2D eigenvalue weighted by atomic mass is 32.2. The number of nitrogens with one attached hydrogen (secondary N) is 2. The number of para-hydroxylation sites is 1. The van der Waals surface area contributed by atoms with Crippen LogP contribution in [0.15, 0.2) is 83.4 Å². The molecule has 2 N–H and O–H groups in total. The number of amides is 2. The predicted molar refractivity (Wildman–Crippen MR) is 167 cm³/mol. The van der Waals surface area contributed by atoms with Crippen LogP contribution in [-0.4, -0.2) is 81.8 Å². The van der Waals surface area contributed by atoms with E-state index in [4.69, 9.17) is 9.84 Å². The number of likely N-dealkylation sites (tertiary alicyclic amines) is 1. The molecule has 2 atom stereocenters. The highest BCUT2D eigenvalue weighted by Crippen LogP contribution is 2.32. The van der Waals surface area contributed by atoms with Crippen molar-refractivity contribution >= 4 is 27.4 Å². The summed E-state index contributed by atoms with van der Waals surface area (Å²) in [7, 11) is -0.623. The Morgan fingerprint density at radius 1 is 1.05 bits per heavy atom. The highest BCUT2D eigenvalue weighted by molar-refractivity contribution is 7.92. The first-order valence-corrected chi connectivity index (χ1v) is 16.2. The third-order valence-electron chi connectivity index (χ3n) is 7.24. The molecular formula is C31H37N7O3S. The minimum absolute atomic E-state index is 0.0787. The van der Waals surface area contributed by atoms with Crippen molar-refractivity contribution in [1.82, 2.24) is 25.0 Å². The second-order valence-corrected chi connectivity index (χ2v) is 13.3. The van der Waals surface area contributed by atoms with Gasteiger partial charge >= 0.3 is 6.03 Å². The first-order valence-electron chi connectivity index (χ1n) is 13.8. The number of hydrogen-bond donors (Lipinski definition) is 2. The number of rotatable bonds is 9. The fourth-order valence-corrected chi connectivity index (χ4v) is 5.82. The number of benzene rings is 2. The van der Waals surface area contributed by atoms with Crippen molar-refractivity contribution < 1.29 is 13.7 Å². The van der Waals surface area contributed by atoms with Gasteiger partial charge in [0, 0.05) is 72.2 Å². The molecule has 0 bridgehead atoms. The monoisotopic (exact) mass is 587 g/mol. The van der Waals surface area contributed by atoms with E-state index in [2.05, 4.69) is 37.0 Å². The lowest BCUT2D eigenvalue weighted by Gasteiger charge is -2.21. The molecule has 0 saturated carbocycles. The van der Waals surface area contributed by atoms with E-state index in [1.54, 1.807) is 36.6 Å². The zero-order valence-corrected chi connectivity index (χ0v) is 25.2. The molecule has 42 heavy (non-hydrogen) atoms. The molecule has 220 valence electrons. The van der Waals surface area contributed by atoms with Crippen molar-refractivity contribution in [1.29, 1.82) is 0 Å². The van der Waals surface area contributed by atoms with Gasteiger partial charge in [-0.2, -0.15) is 9.46 Å². The molecule has 1 fully saturated rings. The molecular weight excluding hydrogens is 550 g/mol. The topological polar surface area (TPSA) is 114 Å². The van der Waals surface area contributed by atoms with Crippen molar-refractivity contribution in [2.24, 2.45) is 4.36 Å². The van der Waals surface area contributed by atoms with E-state index < -0.39 is 9.73 Å². The van der Waals surface area contributed by atoms with Gasteiger partial charge in [-0.3, -0.25) is 10.2 Å². The van der Waals surface area contributed by atoms with Crippen LogP contribution < -0.4 is 10.6 Å². The molecule has 1 aliphatic rings. The number of carbonyl (C=O) groups is 1. The second kappa shape index (κ2) is 12.8. The Bertz CT molecular complexity index is 1620. The average Bonchev–Trinajstić information content (AvgIpc) is 3.53. The van der Waals surface area contributed by atoms with Crippen LogP contribution in [0.4, 0.5) is 16.4 Å². The molecule has 1 saturated heterocycles.